The number of hydrogen-bond donors (Lipinski definition) is 4. The molecule has 2 amide bonds. The predicted molar refractivity (Wildman–Crippen MR) is 198 cm³/mol. The van der Waals surface area contributed by atoms with Gasteiger partial charge in [-0.15, -0.1) is 0 Å². The minimum atomic E-state index is -4.63. The number of halogens is 3. The molecule has 2 aliphatic heterocycles. The minimum Gasteiger partial charge on any atom is -0.495 e. The second-order valence-corrected chi connectivity index (χ2v) is 14.7. The Morgan fingerprint density at radius 3 is 2.55 bits per heavy atom. The number of β-amino-alcohol motifs (C(OH)–C–C–N with tert-alkyl or cyclic N) is 1. The number of alkyl halides is 3. The van der Waals surface area contributed by atoms with Crippen molar-refractivity contribution in [2.24, 2.45) is 5.92 Å². The van der Waals surface area contributed by atoms with Gasteiger partial charge in [0, 0.05) is 55.5 Å². The number of aliphatic hydroxyl groups is 2. The lowest BCUT2D eigenvalue weighted by atomic mass is 9.90. The summed E-state index contributed by atoms with van der Waals surface area (Å²) in [7, 11) is 1.53. The lowest BCUT2D eigenvalue weighted by Crippen LogP contribution is -2.63. The SMILES string of the molecule is COc1cncc(-c2cc(C(C)(C)N3CCN(C[C@@H](O)C[C@@H](Cc4ccccc4)C(=O)N[C@H]4c5ccccc5OC[C@H]4O)[C@H](C(=O)NCC(F)(F)F)C3)on2)c1. The number of methoxy groups -OCH3 is 1. The van der Waals surface area contributed by atoms with Crippen molar-refractivity contribution in [3.05, 3.63) is 96.0 Å². The molecule has 2 aromatic carbocycles. The van der Waals surface area contributed by atoms with Gasteiger partial charge in [-0.2, -0.15) is 13.2 Å². The summed E-state index contributed by atoms with van der Waals surface area (Å²) in [6, 6.07) is 18.1. The van der Waals surface area contributed by atoms with E-state index in [0.717, 1.165) is 5.56 Å². The third-order valence-electron chi connectivity index (χ3n) is 10.4. The van der Waals surface area contributed by atoms with Crippen LogP contribution >= 0.6 is 0 Å². The largest absolute Gasteiger partial charge is 0.495 e. The third-order valence-corrected chi connectivity index (χ3v) is 10.4. The summed E-state index contributed by atoms with van der Waals surface area (Å²) in [6.45, 7) is 2.73. The van der Waals surface area contributed by atoms with Crippen LogP contribution in [0.4, 0.5) is 13.2 Å². The molecule has 300 valence electrons. The minimum absolute atomic E-state index is 0.00809. The van der Waals surface area contributed by atoms with Crippen molar-refractivity contribution >= 4 is 11.8 Å². The van der Waals surface area contributed by atoms with Gasteiger partial charge in [0.15, 0.2) is 5.76 Å². The summed E-state index contributed by atoms with van der Waals surface area (Å²) in [5.74, 6) is -0.443. The molecule has 6 rings (SSSR count). The van der Waals surface area contributed by atoms with E-state index in [1.165, 1.54) is 7.11 Å². The second kappa shape index (κ2) is 17.4. The number of fused-ring (bicyclic) bond motifs is 1. The summed E-state index contributed by atoms with van der Waals surface area (Å²) in [5, 5.41) is 31.6. The Bertz CT molecular complexity index is 1940. The van der Waals surface area contributed by atoms with Crippen LogP contribution in [0.2, 0.25) is 0 Å². The molecule has 0 radical (unpaired) electrons. The molecule has 0 saturated carbocycles. The highest BCUT2D eigenvalue weighted by Gasteiger charge is 2.42. The van der Waals surface area contributed by atoms with Gasteiger partial charge in [-0.05, 0) is 44.4 Å². The fraction of sp³-hybridized carbons (Fsp3) is 0.450. The Labute approximate surface area is 322 Å². The van der Waals surface area contributed by atoms with Crippen LogP contribution in [0.3, 0.4) is 0 Å². The number of para-hydroxylation sites is 1. The Morgan fingerprint density at radius 2 is 1.80 bits per heavy atom. The van der Waals surface area contributed by atoms with Gasteiger partial charge in [-0.3, -0.25) is 24.4 Å². The number of amides is 2. The number of carbonyl (C=O) groups is 2. The number of carbonyl (C=O) groups excluding carboxylic acids is 2. The molecule has 2 aliphatic rings. The van der Waals surface area contributed by atoms with Gasteiger partial charge < -0.3 is 34.8 Å². The Kier molecular flexibility index (Phi) is 12.6. The van der Waals surface area contributed by atoms with Gasteiger partial charge >= 0.3 is 6.18 Å². The summed E-state index contributed by atoms with van der Waals surface area (Å²) in [5.41, 5.74) is 1.80. The second-order valence-electron chi connectivity index (χ2n) is 14.7. The van der Waals surface area contributed by atoms with Crippen molar-refractivity contribution in [2.45, 2.75) is 62.7 Å². The van der Waals surface area contributed by atoms with Gasteiger partial charge in [-0.25, -0.2) is 0 Å². The predicted octanol–water partition coefficient (Wildman–Crippen LogP) is 3.87. The number of piperazine rings is 1. The molecule has 1 saturated heterocycles. The molecule has 4 N–H and O–H groups in total. The zero-order valence-corrected chi connectivity index (χ0v) is 31.4. The van der Waals surface area contributed by atoms with E-state index in [1.54, 1.807) is 53.7 Å². The van der Waals surface area contributed by atoms with Crippen LogP contribution in [0.25, 0.3) is 11.3 Å². The number of aliphatic hydroxyl groups excluding tert-OH is 2. The van der Waals surface area contributed by atoms with Crippen LogP contribution in [0.15, 0.2) is 83.6 Å². The van der Waals surface area contributed by atoms with E-state index in [0.29, 0.717) is 40.6 Å². The van der Waals surface area contributed by atoms with Crippen molar-refractivity contribution in [1.82, 2.24) is 30.6 Å². The number of nitrogens with zero attached hydrogens (tertiary/aromatic N) is 4. The van der Waals surface area contributed by atoms with Crippen LogP contribution in [-0.2, 0) is 21.5 Å². The summed E-state index contributed by atoms with van der Waals surface area (Å²) >= 11 is 0. The molecule has 1 fully saturated rings. The highest BCUT2D eigenvalue weighted by molar-refractivity contribution is 5.82. The average Bonchev–Trinajstić information content (AvgIpc) is 3.70. The Hall–Kier alpha value is -5.03. The van der Waals surface area contributed by atoms with E-state index < -0.39 is 60.3 Å². The number of benzene rings is 2. The quantitative estimate of drug-likeness (QED) is 0.147. The average molecular weight is 781 g/mol. The van der Waals surface area contributed by atoms with Crippen LogP contribution in [0.1, 0.15) is 43.2 Å². The van der Waals surface area contributed by atoms with Crippen LogP contribution in [-0.4, -0.2) is 113 Å². The normalized spacial score (nSPS) is 20.3. The molecule has 0 spiro atoms. The standard InChI is InChI=1S/C40H47F3N6O7/c1-39(2,35-18-31(47-56-35)27-17-29(54-3)20-44-19-27)49-14-13-48(32(22-49)38(53)45-24-40(41,42)43)21-28(50)16-26(15-25-9-5-4-6-10-25)37(52)46-36-30-11-7-8-12-34(30)55-23-33(36)51/h4-12,17-20,26,28,32-33,36,50-51H,13-16,21-24H2,1-3H3,(H,45,53)(H,46,52)/t26-,28+,32+,33-,36+/m1/s1. The third kappa shape index (κ3) is 9.85. The van der Waals surface area contributed by atoms with Crippen LogP contribution < -0.4 is 20.1 Å². The summed E-state index contributed by atoms with van der Waals surface area (Å²) < 4.78 is 56.5. The Morgan fingerprint density at radius 1 is 1.05 bits per heavy atom. The summed E-state index contributed by atoms with van der Waals surface area (Å²) in [6.07, 6.45) is -3.36. The highest BCUT2D eigenvalue weighted by atomic mass is 19.4. The van der Waals surface area contributed by atoms with E-state index in [1.807, 2.05) is 54.4 Å². The van der Waals surface area contributed by atoms with Gasteiger partial charge in [0.2, 0.25) is 11.8 Å². The number of nitrogens with one attached hydrogen (secondary N) is 2. The molecular weight excluding hydrogens is 733 g/mol. The number of ether oxygens (including phenoxy) is 2. The molecular formula is C40H47F3N6O7. The van der Waals surface area contributed by atoms with Gasteiger partial charge in [0.25, 0.3) is 0 Å². The number of aromatic nitrogens is 2. The molecule has 16 heteroatoms. The van der Waals surface area contributed by atoms with E-state index in [9.17, 15) is 33.0 Å². The monoisotopic (exact) mass is 780 g/mol. The molecule has 0 aliphatic carbocycles. The maximum absolute atomic E-state index is 14.0. The molecule has 0 bridgehead atoms. The first kappa shape index (κ1) is 40.6. The summed E-state index contributed by atoms with van der Waals surface area (Å²) in [4.78, 5) is 35.2. The maximum Gasteiger partial charge on any atom is 0.405 e. The molecule has 4 aromatic rings. The van der Waals surface area contributed by atoms with Gasteiger partial charge in [-0.1, -0.05) is 53.7 Å². The fourth-order valence-corrected chi connectivity index (χ4v) is 7.27. The molecule has 4 heterocycles. The van der Waals surface area contributed by atoms with Crippen molar-refractivity contribution in [3.8, 4) is 22.8 Å². The van der Waals surface area contributed by atoms with Gasteiger partial charge in [0.05, 0.1) is 31.0 Å². The fourth-order valence-electron chi connectivity index (χ4n) is 7.27. The van der Waals surface area contributed by atoms with E-state index >= 15 is 0 Å². The Balaban J connectivity index is 1.19. The maximum atomic E-state index is 14.0. The lowest BCUT2D eigenvalue weighted by molar-refractivity contribution is -0.144. The highest BCUT2D eigenvalue weighted by Crippen LogP contribution is 2.35. The van der Waals surface area contributed by atoms with Gasteiger partial charge in [0.1, 0.15) is 42.5 Å². The number of rotatable bonds is 14. The van der Waals surface area contributed by atoms with E-state index in [4.69, 9.17) is 14.0 Å². The molecule has 2 aromatic heterocycles. The first-order valence-electron chi connectivity index (χ1n) is 18.4. The topological polar surface area (TPSA) is 163 Å². The van der Waals surface area contributed by atoms with Crippen molar-refractivity contribution in [2.75, 3.05) is 46.4 Å². The zero-order valence-electron chi connectivity index (χ0n) is 31.4. The number of pyridine rings is 1. The van der Waals surface area contributed by atoms with Crippen molar-refractivity contribution in [1.29, 1.82) is 0 Å². The molecule has 13 nitrogen and oxygen atoms in total. The van der Waals surface area contributed by atoms with Crippen molar-refractivity contribution in [3.63, 3.8) is 0 Å². The lowest BCUT2D eigenvalue weighted by Gasteiger charge is -2.46. The molecule has 5 atom stereocenters. The first-order chi connectivity index (χ1) is 26.7. The smallest absolute Gasteiger partial charge is 0.405 e. The van der Waals surface area contributed by atoms with Crippen LogP contribution in [0, 0.1) is 5.92 Å². The first-order valence-corrected chi connectivity index (χ1v) is 18.4. The van der Waals surface area contributed by atoms with Crippen LogP contribution in [0.5, 0.6) is 11.5 Å². The van der Waals surface area contributed by atoms with Crippen molar-refractivity contribution < 1.29 is 47.0 Å². The van der Waals surface area contributed by atoms with E-state index in [-0.39, 0.29) is 39.1 Å². The molecule has 0 unspecified atom stereocenters. The zero-order chi connectivity index (χ0) is 40.0. The van der Waals surface area contributed by atoms with E-state index in [2.05, 4.69) is 15.5 Å². The number of hydrogen-bond acceptors (Lipinski definition) is 11. The molecule has 56 heavy (non-hydrogen) atoms.